The highest BCUT2D eigenvalue weighted by Crippen LogP contribution is 2.19. The number of hydrogen-bond donors (Lipinski definition) is 1. The molecular formula is C15H19ClN6O3. The van der Waals surface area contributed by atoms with Gasteiger partial charge in [-0.15, -0.1) is 17.5 Å². The maximum absolute atomic E-state index is 12.7. The fraction of sp³-hybridized carbons (Fsp3) is 0.400. The Morgan fingerprint density at radius 3 is 2.88 bits per heavy atom. The molecule has 134 valence electrons. The second kappa shape index (κ2) is 7.58. The van der Waals surface area contributed by atoms with Gasteiger partial charge in [0.2, 0.25) is 0 Å². The van der Waals surface area contributed by atoms with Gasteiger partial charge in [0.1, 0.15) is 0 Å². The molecule has 2 aromatic rings. The molecule has 1 saturated heterocycles. The fourth-order valence-corrected chi connectivity index (χ4v) is 2.79. The van der Waals surface area contributed by atoms with E-state index < -0.39 is 4.92 Å². The summed E-state index contributed by atoms with van der Waals surface area (Å²) in [6.45, 7) is 5.81. The third kappa shape index (κ3) is 3.62. The number of benzene rings is 1. The van der Waals surface area contributed by atoms with Gasteiger partial charge in [0.15, 0.2) is 5.69 Å². The largest absolute Gasteiger partial charge is 0.332 e. The number of carbonyl (C=O) groups is 1. The normalized spacial score (nSPS) is 17.0. The molecule has 25 heavy (non-hydrogen) atoms. The van der Waals surface area contributed by atoms with Crippen molar-refractivity contribution in [2.45, 2.75) is 19.9 Å². The zero-order chi connectivity index (χ0) is 17.3. The molecule has 0 radical (unpaired) electrons. The number of aromatic nitrogens is 3. The lowest BCUT2D eigenvalue weighted by molar-refractivity contribution is -0.384. The number of nitrogens with zero attached hydrogens (tertiary/aromatic N) is 5. The summed E-state index contributed by atoms with van der Waals surface area (Å²) in [6.07, 6.45) is 0. The van der Waals surface area contributed by atoms with Gasteiger partial charge in [-0.3, -0.25) is 14.9 Å². The van der Waals surface area contributed by atoms with E-state index in [4.69, 9.17) is 0 Å². The second-order valence-electron chi connectivity index (χ2n) is 5.76. The van der Waals surface area contributed by atoms with Gasteiger partial charge >= 0.3 is 0 Å². The van der Waals surface area contributed by atoms with E-state index in [0.29, 0.717) is 17.9 Å². The highest BCUT2D eigenvalue weighted by molar-refractivity contribution is 5.93. The molecule has 0 aliphatic carbocycles. The Morgan fingerprint density at radius 2 is 2.20 bits per heavy atom. The second-order valence-corrected chi connectivity index (χ2v) is 5.76. The first-order valence-corrected chi connectivity index (χ1v) is 7.68. The van der Waals surface area contributed by atoms with Crippen molar-refractivity contribution >= 4 is 24.0 Å². The number of halogens is 1. The summed E-state index contributed by atoms with van der Waals surface area (Å²) in [5.74, 6) is -0.168. The van der Waals surface area contributed by atoms with Gasteiger partial charge in [0.25, 0.3) is 11.6 Å². The van der Waals surface area contributed by atoms with Crippen molar-refractivity contribution < 1.29 is 9.72 Å². The molecule has 1 N–H and O–H groups in total. The molecule has 3 rings (SSSR count). The van der Waals surface area contributed by atoms with Crippen molar-refractivity contribution in [1.82, 2.24) is 25.2 Å². The van der Waals surface area contributed by atoms with Gasteiger partial charge in [-0.05, 0) is 19.9 Å². The number of piperazine rings is 1. The minimum absolute atomic E-state index is 0. The van der Waals surface area contributed by atoms with Crippen LogP contribution in [0.4, 0.5) is 5.69 Å². The Bertz CT molecular complexity index is 793. The van der Waals surface area contributed by atoms with Gasteiger partial charge in [-0.25, -0.2) is 4.68 Å². The average molecular weight is 367 g/mol. The molecule has 1 aromatic heterocycles. The number of carbonyl (C=O) groups excluding carboxylic acids is 1. The van der Waals surface area contributed by atoms with Crippen molar-refractivity contribution in [2.24, 2.45) is 0 Å². The van der Waals surface area contributed by atoms with Crippen molar-refractivity contribution in [1.29, 1.82) is 0 Å². The van der Waals surface area contributed by atoms with E-state index in [1.54, 1.807) is 24.0 Å². The zero-order valence-corrected chi connectivity index (χ0v) is 14.7. The SMILES string of the molecule is Cc1c(C(=O)N2CCNCC2C)nnn1-c1cccc([N+](=O)[O-])c1.Cl. The minimum Gasteiger partial charge on any atom is -0.332 e. The fourth-order valence-electron chi connectivity index (χ4n) is 2.79. The summed E-state index contributed by atoms with van der Waals surface area (Å²) in [7, 11) is 0. The third-order valence-corrected chi connectivity index (χ3v) is 4.14. The number of hydrogen-bond acceptors (Lipinski definition) is 6. The molecule has 1 aliphatic rings. The molecule has 1 atom stereocenters. The number of nitro benzene ring substituents is 1. The lowest BCUT2D eigenvalue weighted by Gasteiger charge is -2.33. The minimum atomic E-state index is -0.468. The van der Waals surface area contributed by atoms with Crippen molar-refractivity contribution in [3.8, 4) is 5.69 Å². The number of nitro groups is 1. The molecule has 0 bridgehead atoms. The smallest absolute Gasteiger partial charge is 0.276 e. The maximum Gasteiger partial charge on any atom is 0.276 e. The summed E-state index contributed by atoms with van der Waals surface area (Å²) in [5.41, 5.74) is 1.30. The van der Waals surface area contributed by atoms with Gasteiger partial charge in [0, 0.05) is 37.8 Å². The Hall–Kier alpha value is -2.52. The summed E-state index contributed by atoms with van der Waals surface area (Å²) in [6, 6.07) is 6.16. The highest BCUT2D eigenvalue weighted by atomic mass is 35.5. The first kappa shape index (κ1) is 18.8. The summed E-state index contributed by atoms with van der Waals surface area (Å²) in [5, 5.41) is 22.2. The van der Waals surface area contributed by atoms with E-state index in [1.165, 1.54) is 16.8 Å². The van der Waals surface area contributed by atoms with Crippen LogP contribution in [0.3, 0.4) is 0 Å². The maximum atomic E-state index is 12.7. The first-order valence-electron chi connectivity index (χ1n) is 7.68. The van der Waals surface area contributed by atoms with Crippen LogP contribution in [0.5, 0.6) is 0 Å². The van der Waals surface area contributed by atoms with Crippen molar-refractivity contribution in [3.05, 3.63) is 45.8 Å². The standard InChI is InChI=1S/C15H18N6O3.ClH/c1-10-9-16-6-7-19(10)15(22)14-11(2)20(18-17-14)12-4-3-5-13(8-12)21(23)24;/h3-5,8,10,16H,6-7,9H2,1-2H3;1H. The van der Waals surface area contributed by atoms with Crippen LogP contribution < -0.4 is 5.32 Å². The molecule has 2 heterocycles. The van der Waals surface area contributed by atoms with Gasteiger partial charge in [-0.1, -0.05) is 11.3 Å². The van der Waals surface area contributed by atoms with E-state index in [-0.39, 0.29) is 35.7 Å². The molecule has 1 fully saturated rings. The van der Waals surface area contributed by atoms with E-state index in [0.717, 1.165) is 13.1 Å². The van der Waals surface area contributed by atoms with Crippen LogP contribution in [0, 0.1) is 17.0 Å². The Kier molecular flexibility index (Phi) is 5.70. The average Bonchev–Trinajstić information content (AvgIpc) is 2.96. The Labute approximate surface area is 150 Å². The van der Waals surface area contributed by atoms with Crippen molar-refractivity contribution in [3.63, 3.8) is 0 Å². The molecule has 1 aromatic carbocycles. The summed E-state index contributed by atoms with van der Waals surface area (Å²) < 4.78 is 1.45. The predicted octanol–water partition coefficient (Wildman–Crippen LogP) is 1.34. The summed E-state index contributed by atoms with van der Waals surface area (Å²) >= 11 is 0. The highest BCUT2D eigenvalue weighted by Gasteiger charge is 2.28. The van der Waals surface area contributed by atoms with Crippen LogP contribution in [0.2, 0.25) is 0 Å². The number of amides is 1. The van der Waals surface area contributed by atoms with Crippen molar-refractivity contribution in [2.75, 3.05) is 19.6 Å². The molecule has 0 spiro atoms. The third-order valence-electron chi connectivity index (χ3n) is 4.14. The quantitative estimate of drug-likeness (QED) is 0.649. The topological polar surface area (TPSA) is 106 Å². The molecular weight excluding hydrogens is 348 g/mol. The number of nitrogens with one attached hydrogen (secondary N) is 1. The van der Waals surface area contributed by atoms with E-state index in [1.807, 2.05) is 6.92 Å². The van der Waals surface area contributed by atoms with Crippen LogP contribution in [-0.2, 0) is 0 Å². The van der Waals surface area contributed by atoms with Crippen LogP contribution in [0.1, 0.15) is 23.1 Å². The zero-order valence-electron chi connectivity index (χ0n) is 13.9. The van der Waals surface area contributed by atoms with Crippen LogP contribution in [-0.4, -0.2) is 56.4 Å². The molecule has 1 amide bonds. The Morgan fingerprint density at radius 1 is 1.44 bits per heavy atom. The monoisotopic (exact) mass is 366 g/mol. The van der Waals surface area contributed by atoms with E-state index in [2.05, 4.69) is 15.6 Å². The van der Waals surface area contributed by atoms with E-state index in [9.17, 15) is 14.9 Å². The molecule has 10 heteroatoms. The van der Waals surface area contributed by atoms with Crippen LogP contribution >= 0.6 is 12.4 Å². The molecule has 0 saturated carbocycles. The van der Waals surface area contributed by atoms with Gasteiger partial charge in [0.05, 0.1) is 16.3 Å². The van der Waals surface area contributed by atoms with Gasteiger partial charge in [-0.2, -0.15) is 0 Å². The molecule has 9 nitrogen and oxygen atoms in total. The van der Waals surface area contributed by atoms with Crippen LogP contribution in [0.25, 0.3) is 5.69 Å². The Balaban J connectivity index is 0.00000225. The molecule has 1 unspecified atom stereocenters. The van der Waals surface area contributed by atoms with E-state index >= 15 is 0 Å². The number of rotatable bonds is 3. The van der Waals surface area contributed by atoms with Crippen LogP contribution in [0.15, 0.2) is 24.3 Å². The molecule has 1 aliphatic heterocycles. The lowest BCUT2D eigenvalue weighted by Crippen LogP contribution is -2.52. The predicted molar refractivity (Wildman–Crippen MR) is 93.4 cm³/mol. The summed E-state index contributed by atoms with van der Waals surface area (Å²) in [4.78, 5) is 24.9. The lowest BCUT2D eigenvalue weighted by atomic mass is 10.2. The van der Waals surface area contributed by atoms with Gasteiger partial charge < -0.3 is 10.2 Å². The first-order chi connectivity index (χ1) is 11.5. The number of non-ortho nitro benzene ring substituents is 1.